The second kappa shape index (κ2) is 11.1. The zero-order valence-corrected chi connectivity index (χ0v) is 19.4. The Bertz CT molecular complexity index is 1020. The lowest BCUT2D eigenvalue weighted by Gasteiger charge is -2.27. The molecular formula is C26H31FN2O4. The van der Waals surface area contributed by atoms with E-state index < -0.39 is 23.5 Å². The Hall–Kier alpha value is -3.19. The molecule has 0 aliphatic carbocycles. The van der Waals surface area contributed by atoms with Gasteiger partial charge in [-0.15, -0.1) is 0 Å². The minimum atomic E-state index is -0.991. The van der Waals surface area contributed by atoms with E-state index in [2.05, 4.69) is 18.7 Å². The molecule has 176 valence electrons. The van der Waals surface area contributed by atoms with Crippen LogP contribution in [0.15, 0.2) is 54.1 Å². The van der Waals surface area contributed by atoms with Gasteiger partial charge in [0.2, 0.25) is 0 Å². The van der Waals surface area contributed by atoms with Crippen LogP contribution in [-0.4, -0.2) is 59.4 Å². The minimum Gasteiger partial charge on any atom is -0.507 e. The van der Waals surface area contributed by atoms with E-state index in [1.807, 2.05) is 6.92 Å². The van der Waals surface area contributed by atoms with E-state index in [0.29, 0.717) is 24.3 Å². The fourth-order valence-corrected chi connectivity index (χ4v) is 4.17. The first kappa shape index (κ1) is 24.5. The SMILES string of the molecule is CCOc1ccc(C(O)=C2C(=O)C(=O)N(CCCN(CC)CC)[C@H]2c2ccccc2F)cc1. The number of carbonyl (C=O) groups excluding carboxylic acids is 2. The highest BCUT2D eigenvalue weighted by molar-refractivity contribution is 6.46. The number of Topliss-reactive ketones (excluding diaryl/α,β-unsaturated/α-hetero) is 1. The molecule has 1 N–H and O–H groups in total. The number of hydrogen-bond donors (Lipinski definition) is 1. The number of ether oxygens (including phenoxy) is 1. The summed E-state index contributed by atoms with van der Waals surface area (Å²) in [6.45, 7) is 9.27. The van der Waals surface area contributed by atoms with Gasteiger partial charge in [-0.1, -0.05) is 32.0 Å². The number of nitrogens with zero attached hydrogens (tertiary/aromatic N) is 2. The van der Waals surface area contributed by atoms with Crippen LogP contribution in [-0.2, 0) is 9.59 Å². The maximum Gasteiger partial charge on any atom is 0.295 e. The van der Waals surface area contributed by atoms with Crippen molar-refractivity contribution in [2.75, 3.05) is 32.8 Å². The van der Waals surface area contributed by atoms with Crippen LogP contribution in [0.4, 0.5) is 4.39 Å². The summed E-state index contributed by atoms with van der Waals surface area (Å²) in [4.78, 5) is 29.6. The van der Waals surface area contributed by atoms with Crippen molar-refractivity contribution in [3.05, 3.63) is 71.0 Å². The Morgan fingerprint density at radius 2 is 1.73 bits per heavy atom. The first-order chi connectivity index (χ1) is 15.9. The van der Waals surface area contributed by atoms with Crippen LogP contribution in [0.2, 0.25) is 0 Å². The highest BCUT2D eigenvalue weighted by Crippen LogP contribution is 2.40. The number of aliphatic hydroxyl groups excluding tert-OH is 1. The van der Waals surface area contributed by atoms with Gasteiger partial charge in [0.1, 0.15) is 17.3 Å². The predicted molar refractivity (Wildman–Crippen MR) is 125 cm³/mol. The molecule has 33 heavy (non-hydrogen) atoms. The van der Waals surface area contributed by atoms with Crippen molar-refractivity contribution in [3.8, 4) is 5.75 Å². The van der Waals surface area contributed by atoms with Gasteiger partial charge in [0.15, 0.2) is 0 Å². The second-order valence-electron chi connectivity index (χ2n) is 7.85. The van der Waals surface area contributed by atoms with Crippen LogP contribution in [0.3, 0.4) is 0 Å². The fraction of sp³-hybridized carbons (Fsp3) is 0.385. The maximum absolute atomic E-state index is 14.8. The second-order valence-corrected chi connectivity index (χ2v) is 7.85. The maximum atomic E-state index is 14.8. The summed E-state index contributed by atoms with van der Waals surface area (Å²) in [7, 11) is 0. The molecule has 0 saturated carbocycles. The van der Waals surface area contributed by atoms with Crippen LogP contribution >= 0.6 is 0 Å². The van der Waals surface area contributed by atoms with E-state index in [1.54, 1.807) is 42.5 Å². The van der Waals surface area contributed by atoms with Crippen molar-refractivity contribution >= 4 is 17.4 Å². The number of likely N-dealkylation sites (tertiary alicyclic amines) is 1. The summed E-state index contributed by atoms with van der Waals surface area (Å²) in [5, 5.41) is 11.1. The average molecular weight is 455 g/mol. The Morgan fingerprint density at radius 3 is 2.33 bits per heavy atom. The average Bonchev–Trinajstić information content (AvgIpc) is 3.07. The molecule has 6 nitrogen and oxygen atoms in total. The first-order valence-electron chi connectivity index (χ1n) is 11.4. The quantitative estimate of drug-likeness (QED) is 0.328. The minimum absolute atomic E-state index is 0.0999. The third-order valence-electron chi connectivity index (χ3n) is 5.95. The van der Waals surface area contributed by atoms with Crippen LogP contribution < -0.4 is 4.74 Å². The third kappa shape index (κ3) is 5.25. The molecule has 0 spiro atoms. The van der Waals surface area contributed by atoms with Crippen molar-refractivity contribution in [2.24, 2.45) is 0 Å². The smallest absolute Gasteiger partial charge is 0.295 e. The van der Waals surface area contributed by atoms with Gasteiger partial charge < -0.3 is 19.6 Å². The van der Waals surface area contributed by atoms with Crippen molar-refractivity contribution in [2.45, 2.75) is 33.2 Å². The van der Waals surface area contributed by atoms with Gasteiger partial charge in [-0.25, -0.2) is 4.39 Å². The van der Waals surface area contributed by atoms with Gasteiger partial charge in [-0.05, 0) is 63.3 Å². The van der Waals surface area contributed by atoms with E-state index in [-0.39, 0.29) is 23.4 Å². The zero-order chi connectivity index (χ0) is 24.0. The van der Waals surface area contributed by atoms with E-state index in [4.69, 9.17) is 4.74 Å². The molecule has 3 rings (SSSR count). The van der Waals surface area contributed by atoms with Gasteiger partial charge in [0.25, 0.3) is 11.7 Å². The monoisotopic (exact) mass is 454 g/mol. The lowest BCUT2D eigenvalue weighted by Crippen LogP contribution is -2.33. The van der Waals surface area contributed by atoms with Crippen molar-refractivity contribution < 1.29 is 23.8 Å². The zero-order valence-electron chi connectivity index (χ0n) is 19.4. The Morgan fingerprint density at radius 1 is 1.06 bits per heavy atom. The van der Waals surface area contributed by atoms with Gasteiger partial charge in [0, 0.05) is 17.7 Å². The summed E-state index contributed by atoms with van der Waals surface area (Å²) < 4.78 is 20.3. The summed E-state index contributed by atoms with van der Waals surface area (Å²) in [6.07, 6.45) is 0.628. The van der Waals surface area contributed by atoms with Crippen LogP contribution in [0.1, 0.15) is 44.4 Å². The van der Waals surface area contributed by atoms with Gasteiger partial charge in [0.05, 0.1) is 18.2 Å². The molecule has 1 aliphatic rings. The van der Waals surface area contributed by atoms with Crippen LogP contribution in [0.25, 0.3) is 5.76 Å². The fourth-order valence-electron chi connectivity index (χ4n) is 4.17. The molecule has 1 amide bonds. The van der Waals surface area contributed by atoms with E-state index in [1.165, 1.54) is 11.0 Å². The van der Waals surface area contributed by atoms with Gasteiger partial charge in [-0.2, -0.15) is 0 Å². The molecule has 0 aromatic heterocycles. The summed E-state index contributed by atoms with van der Waals surface area (Å²) in [6, 6.07) is 11.7. The van der Waals surface area contributed by atoms with Crippen LogP contribution in [0.5, 0.6) is 5.75 Å². The topological polar surface area (TPSA) is 70.1 Å². The largest absolute Gasteiger partial charge is 0.507 e. The van der Waals surface area contributed by atoms with Crippen molar-refractivity contribution in [3.63, 3.8) is 0 Å². The number of carbonyl (C=O) groups is 2. The van der Waals surface area contributed by atoms with E-state index in [9.17, 15) is 19.1 Å². The molecule has 1 heterocycles. The molecule has 2 aromatic carbocycles. The lowest BCUT2D eigenvalue weighted by molar-refractivity contribution is -0.140. The highest BCUT2D eigenvalue weighted by atomic mass is 19.1. The molecule has 0 radical (unpaired) electrons. The molecule has 2 aromatic rings. The standard InChI is InChI=1S/C26H31FN2O4/c1-4-28(5-2)16-9-17-29-23(20-10-7-8-11-21(20)27)22(25(31)26(29)32)24(30)18-12-14-19(15-13-18)33-6-3/h7-8,10-15,23,30H,4-6,9,16-17H2,1-3H3/t23-/m0/s1. The van der Waals surface area contributed by atoms with Gasteiger partial charge in [-0.3, -0.25) is 9.59 Å². The Kier molecular flexibility index (Phi) is 8.22. The van der Waals surface area contributed by atoms with Crippen LogP contribution in [0, 0.1) is 5.82 Å². The number of amides is 1. The van der Waals surface area contributed by atoms with E-state index in [0.717, 1.165) is 19.6 Å². The molecule has 7 heteroatoms. The molecule has 0 bridgehead atoms. The molecule has 1 aliphatic heterocycles. The van der Waals surface area contributed by atoms with Gasteiger partial charge >= 0.3 is 0 Å². The predicted octanol–water partition coefficient (Wildman–Crippen LogP) is 4.38. The number of halogens is 1. The first-order valence-corrected chi connectivity index (χ1v) is 11.4. The van der Waals surface area contributed by atoms with Crippen molar-refractivity contribution in [1.82, 2.24) is 9.80 Å². The molecule has 1 fully saturated rings. The molecule has 1 saturated heterocycles. The number of rotatable bonds is 10. The normalized spacial score (nSPS) is 17.7. The third-order valence-corrected chi connectivity index (χ3v) is 5.95. The Labute approximate surface area is 194 Å². The number of hydrogen-bond acceptors (Lipinski definition) is 5. The van der Waals surface area contributed by atoms with Crippen molar-refractivity contribution in [1.29, 1.82) is 0 Å². The summed E-state index contributed by atoms with van der Waals surface area (Å²) in [5.74, 6) is -1.77. The number of benzene rings is 2. The highest BCUT2D eigenvalue weighted by Gasteiger charge is 2.46. The number of ketones is 1. The Balaban J connectivity index is 2.02. The molecular weight excluding hydrogens is 423 g/mol. The molecule has 0 unspecified atom stereocenters. The lowest BCUT2D eigenvalue weighted by atomic mass is 9.95. The molecule has 1 atom stereocenters. The summed E-state index contributed by atoms with van der Waals surface area (Å²) >= 11 is 0. The number of aliphatic hydroxyl groups is 1. The summed E-state index contributed by atoms with van der Waals surface area (Å²) in [5.41, 5.74) is 0.449. The van der Waals surface area contributed by atoms with E-state index >= 15 is 0 Å².